The molecule has 8 nitrogen and oxygen atoms in total. The van der Waals surface area contributed by atoms with Gasteiger partial charge >= 0.3 is 17.9 Å². The number of sulfone groups is 1. The standard InChI is InChI=1S/C23H38O8S/c1-6-7-10-14-20(31-19(2)24)15-13-18-23(22(26)30-4,32(5,27)28)17-12-9-8-11-16-21(25)29-3/h20H,6-12,14,16-18H2,1-5H3/t20-,23?/m1/s1. The predicted molar refractivity (Wildman–Crippen MR) is 121 cm³/mol. The second-order valence-corrected chi connectivity index (χ2v) is 10.2. The fraction of sp³-hybridized carbons (Fsp3) is 0.783. The van der Waals surface area contributed by atoms with E-state index in [0.717, 1.165) is 32.6 Å². The minimum Gasteiger partial charge on any atom is -0.469 e. The van der Waals surface area contributed by atoms with Gasteiger partial charge in [-0.15, -0.1) is 0 Å². The van der Waals surface area contributed by atoms with Gasteiger partial charge in [-0.05, 0) is 25.7 Å². The van der Waals surface area contributed by atoms with Crippen LogP contribution in [0, 0.1) is 11.8 Å². The van der Waals surface area contributed by atoms with Crippen LogP contribution in [0.25, 0.3) is 0 Å². The second kappa shape index (κ2) is 15.7. The van der Waals surface area contributed by atoms with Crippen molar-refractivity contribution in [2.75, 3.05) is 20.5 Å². The molecule has 2 atom stereocenters. The Bertz CT molecular complexity index is 763. The molecule has 0 heterocycles. The summed E-state index contributed by atoms with van der Waals surface area (Å²) in [4.78, 5) is 35.1. The number of hydrogen-bond donors (Lipinski definition) is 0. The minimum absolute atomic E-state index is 0.0550. The predicted octanol–water partition coefficient (Wildman–Crippen LogP) is 3.36. The summed E-state index contributed by atoms with van der Waals surface area (Å²) in [6, 6.07) is 0. The number of carbonyl (C=O) groups is 3. The van der Waals surface area contributed by atoms with Crippen molar-refractivity contribution in [2.45, 2.75) is 95.3 Å². The van der Waals surface area contributed by atoms with E-state index in [0.29, 0.717) is 38.5 Å². The Labute approximate surface area is 192 Å². The highest BCUT2D eigenvalue weighted by Crippen LogP contribution is 2.30. The third-order valence-corrected chi connectivity index (χ3v) is 7.16. The highest BCUT2D eigenvalue weighted by Gasteiger charge is 2.48. The van der Waals surface area contributed by atoms with Crippen molar-refractivity contribution in [3.05, 3.63) is 0 Å². The van der Waals surface area contributed by atoms with Crippen molar-refractivity contribution in [1.29, 1.82) is 0 Å². The number of rotatable bonds is 15. The van der Waals surface area contributed by atoms with E-state index in [9.17, 15) is 22.8 Å². The lowest BCUT2D eigenvalue weighted by atomic mass is 9.96. The van der Waals surface area contributed by atoms with Gasteiger partial charge in [0.15, 0.2) is 20.7 Å². The molecule has 0 amide bonds. The van der Waals surface area contributed by atoms with Crippen LogP contribution in [0.2, 0.25) is 0 Å². The van der Waals surface area contributed by atoms with Gasteiger partial charge in [-0.25, -0.2) is 8.42 Å². The molecule has 0 rings (SSSR count). The third-order valence-electron chi connectivity index (χ3n) is 5.22. The molecule has 0 aromatic carbocycles. The van der Waals surface area contributed by atoms with Crippen LogP contribution in [0.4, 0.5) is 0 Å². The molecular weight excluding hydrogens is 436 g/mol. The first kappa shape index (κ1) is 29.9. The Morgan fingerprint density at radius 2 is 1.62 bits per heavy atom. The van der Waals surface area contributed by atoms with Crippen molar-refractivity contribution >= 4 is 27.7 Å². The summed E-state index contributed by atoms with van der Waals surface area (Å²) in [6.07, 6.45) is 6.22. The first-order valence-corrected chi connectivity index (χ1v) is 12.9. The van der Waals surface area contributed by atoms with E-state index >= 15 is 0 Å². The molecule has 0 aliphatic carbocycles. The Morgan fingerprint density at radius 3 is 2.16 bits per heavy atom. The molecule has 1 unspecified atom stereocenters. The van der Waals surface area contributed by atoms with E-state index in [-0.39, 0.29) is 18.8 Å². The smallest absolute Gasteiger partial charge is 0.328 e. The molecule has 0 saturated carbocycles. The van der Waals surface area contributed by atoms with Gasteiger partial charge in [0.2, 0.25) is 0 Å². The first-order chi connectivity index (χ1) is 15.0. The summed E-state index contributed by atoms with van der Waals surface area (Å²) in [5.41, 5.74) is 0. The van der Waals surface area contributed by atoms with Crippen molar-refractivity contribution in [2.24, 2.45) is 0 Å². The molecule has 0 aromatic rings. The van der Waals surface area contributed by atoms with E-state index in [1.165, 1.54) is 14.0 Å². The van der Waals surface area contributed by atoms with Crippen molar-refractivity contribution in [3.63, 3.8) is 0 Å². The quantitative estimate of drug-likeness (QED) is 0.154. The molecule has 0 aromatic heterocycles. The lowest BCUT2D eigenvalue weighted by Gasteiger charge is -2.27. The first-order valence-electron chi connectivity index (χ1n) is 11.0. The van der Waals surface area contributed by atoms with Crippen LogP contribution in [0.1, 0.15) is 84.5 Å². The van der Waals surface area contributed by atoms with E-state index in [1.54, 1.807) is 0 Å². The van der Waals surface area contributed by atoms with Gasteiger partial charge in [0.25, 0.3) is 0 Å². The summed E-state index contributed by atoms with van der Waals surface area (Å²) in [5.74, 6) is 4.01. The molecule has 184 valence electrons. The number of esters is 3. The van der Waals surface area contributed by atoms with Crippen LogP contribution in [0.3, 0.4) is 0 Å². The van der Waals surface area contributed by atoms with Crippen molar-refractivity contribution in [1.82, 2.24) is 0 Å². The van der Waals surface area contributed by atoms with E-state index in [1.807, 2.05) is 0 Å². The van der Waals surface area contributed by atoms with Gasteiger partial charge in [-0.2, -0.15) is 0 Å². The third kappa shape index (κ3) is 11.0. The maximum Gasteiger partial charge on any atom is 0.328 e. The lowest BCUT2D eigenvalue weighted by molar-refractivity contribution is -0.145. The molecule has 0 aliphatic heterocycles. The summed E-state index contributed by atoms with van der Waals surface area (Å²) in [5, 5.41) is 0. The normalized spacial score (nSPS) is 13.8. The summed E-state index contributed by atoms with van der Waals surface area (Å²) < 4.78 is 38.2. The maximum absolute atomic E-state index is 12.7. The molecule has 9 heteroatoms. The van der Waals surface area contributed by atoms with E-state index in [2.05, 4.69) is 23.5 Å². The van der Waals surface area contributed by atoms with Gasteiger partial charge in [0.1, 0.15) is 0 Å². The monoisotopic (exact) mass is 474 g/mol. The Balaban J connectivity index is 5.37. The molecule has 0 spiro atoms. The topological polar surface area (TPSA) is 113 Å². The minimum atomic E-state index is -3.85. The second-order valence-electron chi connectivity index (χ2n) is 7.84. The van der Waals surface area contributed by atoms with Crippen molar-refractivity contribution < 1.29 is 37.0 Å². The molecule has 0 fully saturated rings. The zero-order valence-electron chi connectivity index (χ0n) is 20.0. The van der Waals surface area contributed by atoms with E-state index < -0.39 is 32.6 Å². The molecule has 0 saturated heterocycles. The molecule has 0 aliphatic rings. The molecule has 0 radical (unpaired) electrons. The van der Waals surface area contributed by atoms with Crippen molar-refractivity contribution in [3.8, 4) is 11.8 Å². The Morgan fingerprint density at radius 1 is 0.969 bits per heavy atom. The number of ether oxygens (including phenoxy) is 3. The van der Waals surface area contributed by atoms with Gasteiger partial charge in [-0.1, -0.05) is 50.9 Å². The fourth-order valence-electron chi connectivity index (χ4n) is 3.30. The fourth-order valence-corrected chi connectivity index (χ4v) is 4.54. The summed E-state index contributed by atoms with van der Waals surface area (Å²) in [6.45, 7) is 3.35. The number of unbranched alkanes of at least 4 members (excludes halogenated alkanes) is 5. The van der Waals surface area contributed by atoms with Gasteiger partial charge < -0.3 is 14.2 Å². The molecule has 0 N–H and O–H groups in total. The molecule has 32 heavy (non-hydrogen) atoms. The van der Waals surface area contributed by atoms with Gasteiger partial charge in [0.05, 0.1) is 14.2 Å². The van der Waals surface area contributed by atoms with Gasteiger partial charge in [-0.3, -0.25) is 14.4 Å². The zero-order chi connectivity index (χ0) is 24.6. The zero-order valence-corrected chi connectivity index (χ0v) is 20.8. The average Bonchev–Trinajstić information content (AvgIpc) is 2.72. The highest BCUT2D eigenvalue weighted by molar-refractivity contribution is 7.92. The van der Waals surface area contributed by atoms with Crippen LogP contribution in [0.5, 0.6) is 0 Å². The maximum atomic E-state index is 12.7. The molecule has 0 bridgehead atoms. The molecular formula is C23H38O8S. The van der Waals surface area contributed by atoms with Crippen LogP contribution < -0.4 is 0 Å². The largest absolute Gasteiger partial charge is 0.469 e. The van der Waals surface area contributed by atoms with Crippen LogP contribution in [-0.4, -0.2) is 57.7 Å². The Hall–Kier alpha value is -2.08. The van der Waals surface area contributed by atoms with E-state index in [4.69, 9.17) is 9.47 Å². The van der Waals surface area contributed by atoms with Crippen LogP contribution >= 0.6 is 0 Å². The summed E-state index contributed by atoms with van der Waals surface area (Å²) in [7, 11) is -1.37. The number of carbonyl (C=O) groups excluding carboxylic acids is 3. The highest BCUT2D eigenvalue weighted by atomic mass is 32.2. The summed E-state index contributed by atoms with van der Waals surface area (Å²) >= 11 is 0. The number of methoxy groups -OCH3 is 2. The Kier molecular flexibility index (Phi) is 14.7. The average molecular weight is 475 g/mol. The van der Waals surface area contributed by atoms with Crippen LogP contribution in [0.15, 0.2) is 0 Å². The van der Waals surface area contributed by atoms with Gasteiger partial charge in [0, 0.05) is 26.0 Å². The SMILES string of the molecule is CCCCC[C@H](C#CCC(CCCCCCC(=O)OC)(C(=O)OC)S(C)(=O)=O)OC(C)=O. The lowest BCUT2D eigenvalue weighted by Crippen LogP contribution is -2.46. The van der Waals surface area contributed by atoms with Crippen LogP contribution in [-0.2, 0) is 38.4 Å². The number of hydrogen-bond acceptors (Lipinski definition) is 8.